The summed E-state index contributed by atoms with van der Waals surface area (Å²) in [7, 11) is 0. The fraction of sp³-hybridized carbons (Fsp3) is 0.457. The number of hydrogen-bond donors (Lipinski definition) is 7. The summed E-state index contributed by atoms with van der Waals surface area (Å²) in [6, 6.07) is 11.2. The first-order valence-corrected chi connectivity index (χ1v) is 22.0. The maximum Gasteiger partial charge on any atom is 0.413 e. The molecule has 3 heterocycles. The molecule has 0 aliphatic carbocycles. The standard InChI is InChI=1S/C46H60N10O10/c1-6-65-26-34-52-39-40(56(34)27-46(4,5)64)31-13-9-10-14-32(31)50-41(39)54-45(63)66-25-29-17-19-30(20-18-29)49-42(60)33(15-12-23-48-44(47)62)51-43(61)38(28(2)3)53-35(57)16-8-7-11-24-55-36(58)21-22-37(55)59/h9-10,13-14,17-22,28,33,38,64H,6-8,11-12,15-16,23-27H2,1-5H3,(H,49,60)(H,51,61)(H,53,57)(H3,47,48,62)(H,50,54,63). The SMILES string of the molecule is CCOCc1nc2c(NC(=O)OCc3ccc(NC(=O)C(CCCNC(N)=O)NC(=O)C(NC(=O)CCCCCN4C(=O)C=CC4=O)C(C)C)cc3)nc3ccccc3c2n1CC(C)(C)O. The Balaban J connectivity index is 1.18. The van der Waals surface area contributed by atoms with E-state index in [1.165, 1.54) is 12.2 Å². The molecular weight excluding hydrogens is 853 g/mol. The van der Waals surface area contributed by atoms with Gasteiger partial charge in [0.1, 0.15) is 36.6 Å². The molecule has 0 bridgehead atoms. The third-order valence-electron chi connectivity index (χ3n) is 10.5. The highest BCUT2D eigenvalue weighted by atomic mass is 16.5. The average molecular weight is 913 g/mol. The molecule has 0 radical (unpaired) electrons. The van der Waals surface area contributed by atoms with Crippen molar-refractivity contribution in [1.29, 1.82) is 0 Å². The number of amides is 8. The highest BCUT2D eigenvalue weighted by Gasteiger charge is 2.30. The van der Waals surface area contributed by atoms with Crippen LogP contribution in [0.2, 0.25) is 0 Å². The summed E-state index contributed by atoms with van der Waals surface area (Å²) in [5.74, 6) is -1.81. The molecule has 354 valence electrons. The quantitative estimate of drug-likeness (QED) is 0.0386. The van der Waals surface area contributed by atoms with Crippen molar-refractivity contribution >= 4 is 75.1 Å². The highest BCUT2D eigenvalue weighted by Crippen LogP contribution is 2.32. The van der Waals surface area contributed by atoms with Crippen molar-refractivity contribution < 1.29 is 48.1 Å². The number of nitrogens with two attached hydrogens (primary N) is 1. The van der Waals surface area contributed by atoms with E-state index in [0.717, 1.165) is 10.3 Å². The first-order chi connectivity index (χ1) is 31.4. The van der Waals surface area contributed by atoms with Gasteiger partial charge in [0.2, 0.25) is 17.7 Å². The number of benzene rings is 2. The molecule has 0 saturated carbocycles. The third-order valence-corrected chi connectivity index (χ3v) is 10.5. The number of fused-ring (bicyclic) bond motifs is 3. The van der Waals surface area contributed by atoms with E-state index >= 15 is 0 Å². The molecule has 0 spiro atoms. The smallest absolute Gasteiger partial charge is 0.413 e. The Labute approximate surface area is 382 Å². The maximum absolute atomic E-state index is 13.6. The van der Waals surface area contributed by atoms with Crippen LogP contribution in [-0.2, 0) is 53.2 Å². The fourth-order valence-corrected chi connectivity index (χ4v) is 7.24. The summed E-state index contributed by atoms with van der Waals surface area (Å²) >= 11 is 0. The molecule has 20 heteroatoms. The zero-order chi connectivity index (χ0) is 48.0. The van der Waals surface area contributed by atoms with Gasteiger partial charge in [0.05, 0.1) is 23.2 Å². The lowest BCUT2D eigenvalue weighted by molar-refractivity contribution is -0.137. The van der Waals surface area contributed by atoms with Gasteiger partial charge in [-0.1, -0.05) is 50.6 Å². The van der Waals surface area contributed by atoms with E-state index in [1.54, 1.807) is 52.0 Å². The van der Waals surface area contributed by atoms with Gasteiger partial charge in [-0.2, -0.15) is 0 Å². The number of nitrogens with zero attached hydrogens (tertiary/aromatic N) is 4. The number of ether oxygens (including phenoxy) is 2. The predicted octanol–water partition coefficient (Wildman–Crippen LogP) is 4.14. The summed E-state index contributed by atoms with van der Waals surface area (Å²) in [6.45, 7) is 9.90. The Morgan fingerprint density at radius 2 is 1.58 bits per heavy atom. The molecule has 0 fully saturated rings. The number of nitrogens with one attached hydrogen (secondary N) is 5. The Hall–Kier alpha value is -6.93. The second-order valence-corrected chi connectivity index (χ2v) is 16.9. The van der Waals surface area contributed by atoms with Crippen molar-refractivity contribution in [2.45, 2.75) is 111 Å². The van der Waals surface area contributed by atoms with Crippen LogP contribution in [-0.4, -0.2) is 104 Å². The van der Waals surface area contributed by atoms with Crippen LogP contribution in [0.3, 0.4) is 0 Å². The molecule has 5 rings (SSSR count). The number of pyridine rings is 1. The van der Waals surface area contributed by atoms with Crippen molar-refractivity contribution in [3.05, 3.63) is 72.1 Å². The van der Waals surface area contributed by atoms with Gasteiger partial charge >= 0.3 is 12.1 Å². The average Bonchev–Trinajstić information content (AvgIpc) is 3.78. The van der Waals surface area contributed by atoms with E-state index in [9.17, 15) is 38.7 Å². The minimum absolute atomic E-state index is 0.114. The van der Waals surface area contributed by atoms with E-state index in [0.29, 0.717) is 65.9 Å². The van der Waals surface area contributed by atoms with Gasteiger partial charge in [0.15, 0.2) is 5.82 Å². The van der Waals surface area contributed by atoms with E-state index < -0.39 is 41.6 Å². The first-order valence-electron chi connectivity index (χ1n) is 22.0. The van der Waals surface area contributed by atoms with E-state index in [4.69, 9.17) is 20.2 Å². The third kappa shape index (κ3) is 14.3. The molecule has 0 saturated heterocycles. The van der Waals surface area contributed by atoms with Crippen LogP contribution in [0.1, 0.15) is 84.5 Å². The van der Waals surface area contributed by atoms with Gasteiger partial charge in [-0.15, -0.1) is 0 Å². The molecule has 8 N–H and O–H groups in total. The number of aromatic nitrogens is 3. The van der Waals surface area contributed by atoms with E-state index in [-0.39, 0.29) is 75.1 Å². The molecule has 2 aromatic carbocycles. The number of carbonyl (C=O) groups excluding carboxylic acids is 7. The van der Waals surface area contributed by atoms with Gasteiger partial charge in [0.25, 0.3) is 11.8 Å². The van der Waals surface area contributed by atoms with Crippen LogP contribution in [0.4, 0.5) is 21.1 Å². The maximum atomic E-state index is 13.6. The van der Waals surface area contributed by atoms with Crippen molar-refractivity contribution in [3.63, 3.8) is 0 Å². The Bertz CT molecular complexity index is 2410. The topological polar surface area (TPSA) is 278 Å². The largest absolute Gasteiger partial charge is 0.444 e. The summed E-state index contributed by atoms with van der Waals surface area (Å²) in [4.78, 5) is 98.7. The second-order valence-electron chi connectivity index (χ2n) is 16.9. The number of aliphatic hydroxyl groups is 1. The van der Waals surface area contributed by atoms with Crippen molar-refractivity contribution in [1.82, 2.24) is 35.4 Å². The lowest BCUT2D eigenvalue weighted by Crippen LogP contribution is -2.54. The van der Waals surface area contributed by atoms with Gasteiger partial charge in [-0.25, -0.2) is 19.6 Å². The molecule has 1 aliphatic heterocycles. The number of unbranched alkanes of at least 4 members (excludes halogenated alkanes) is 2. The van der Waals surface area contributed by atoms with Gasteiger partial charge < -0.3 is 46.1 Å². The number of anilines is 2. The lowest BCUT2D eigenvalue weighted by atomic mass is 10.0. The number of primary amides is 1. The van der Waals surface area contributed by atoms with Gasteiger partial charge in [-0.3, -0.25) is 34.2 Å². The summed E-state index contributed by atoms with van der Waals surface area (Å²) in [6.07, 6.45) is 3.77. The van der Waals surface area contributed by atoms with E-state index in [2.05, 4.69) is 31.6 Å². The Morgan fingerprint density at radius 3 is 2.24 bits per heavy atom. The lowest BCUT2D eigenvalue weighted by Gasteiger charge is -2.25. The second kappa shape index (κ2) is 23.3. The zero-order valence-electron chi connectivity index (χ0n) is 38.0. The zero-order valence-corrected chi connectivity index (χ0v) is 38.0. The first kappa shape index (κ1) is 50.1. The van der Waals surface area contributed by atoms with E-state index in [1.807, 2.05) is 35.8 Å². The molecule has 66 heavy (non-hydrogen) atoms. The van der Waals surface area contributed by atoms with Crippen molar-refractivity contribution in [2.24, 2.45) is 11.7 Å². The molecule has 1 aliphatic rings. The number of carbonyl (C=O) groups is 7. The normalized spacial score (nSPS) is 13.5. The molecule has 2 atom stereocenters. The molecule has 2 aromatic heterocycles. The molecule has 20 nitrogen and oxygen atoms in total. The molecule has 2 unspecified atom stereocenters. The fourth-order valence-electron chi connectivity index (χ4n) is 7.24. The number of imide groups is 1. The number of para-hydroxylation sites is 1. The minimum Gasteiger partial charge on any atom is -0.444 e. The summed E-state index contributed by atoms with van der Waals surface area (Å²) in [5.41, 5.74) is 6.77. The highest BCUT2D eigenvalue weighted by molar-refractivity contribution is 6.13. The van der Waals surface area contributed by atoms with Crippen LogP contribution in [0, 0.1) is 5.92 Å². The van der Waals surface area contributed by atoms with Gasteiger partial charge in [-0.05, 0) is 76.1 Å². The summed E-state index contributed by atoms with van der Waals surface area (Å²) < 4.78 is 13.1. The Morgan fingerprint density at radius 1 is 0.864 bits per heavy atom. The van der Waals surface area contributed by atoms with Crippen LogP contribution in [0.25, 0.3) is 21.9 Å². The number of hydrogen-bond acceptors (Lipinski definition) is 12. The minimum atomic E-state index is -1.09. The van der Waals surface area contributed by atoms with Crippen LogP contribution < -0.4 is 32.3 Å². The molecule has 8 amide bonds. The number of imidazole rings is 1. The van der Waals surface area contributed by atoms with Gasteiger partial charge in [0, 0.05) is 49.3 Å². The molecule has 4 aromatic rings. The van der Waals surface area contributed by atoms with Crippen LogP contribution in [0.5, 0.6) is 0 Å². The van der Waals surface area contributed by atoms with Crippen LogP contribution >= 0.6 is 0 Å². The van der Waals surface area contributed by atoms with Crippen LogP contribution in [0.15, 0.2) is 60.7 Å². The molecular formula is C46H60N10O10. The number of urea groups is 1. The number of rotatable bonds is 24. The predicted molar refractivity (Wildman–Crippen MR) is 245 cm³/mol. The monoisotopic (exact) mass is 912 g/mol. The Kier molecular flexibility index (Phi) is 17.7. The van der Waals surface area contributed by atoms with Crippen molar-refractivity contribution in [3.8, 4) is 0 Å². The summed E-state index contributed by atoms with van der Waals surface area (Å²) in [5, 5.41) is 25.1. The van der Waals surface area contributed by atoms with Crippen molar-refractivity contribution in [2.75, 3.05) is 30.3 Å².